The molecule has 0 aliphatic rings. The number of nitrogens with one attached hydrogen (secondary N) is 2. The maximum atomic E-state index is 13.3. The van der Waals surface area contributed by atoms with Gasteiger partial charge in [-0.1, -0.05) is 13.2 Å². The molecule has 0 saturated carbocycles. The highest BCUT2D eigenvalue weighted by Crippen LogP contribution is 2.08. The van der Waals surface area contributed by atoms with Crippen molar-refractivity contribution >= 4 is 42.2 Å². The number of hydrogen-bond donors (Lipinski definition) is 2. The van der Waals surface area contributed by atoms with Crippen LogP contribution in [-0.2, 0) is 43.2 Å². The Bertz CT molecular complexity index is 865. The number of hydrogen-bond acceptors (Lipinski definition) is 11. The van der Waals surface area contributed by atoms with Crippen molar-refractivity contribution in [1.29, 1.82) is 0 Å². The lowest BCUT2D eigenvalue weighted by atomic mass is 10.1. The Labute approximate surface area is 228 Å². The Kier molecular flexibility index (Phi) is 18.7. The first-order valence-electron chi connectivity index (χ1n) is 12.4. The van der Waals surface area contributed by atoms with Crippen molar-refractivity contribution in [3.8, 4) is 0 Å². The van der Waals surface area contributed by atoms with E-state index in [0.717, 1.165) is 17.4 Å². The molecule has 0 aromatic carbocycles. The van der Waals surface area contributed by atoms with Crippen molar-refractivity contribution < 1.29 is 43.2 Å². The zero-order valence-corrected chi connectivity index (χ0v) is 22.6. The molecule has 0 fully saturated rings. The van der Waals surface area contributed by atoms with E-state index in [1.807, 2.05) is 0 Å². The lowest BCUT2D eigenvalue weighted by molar-refractivity contribution is -0.193. The quantitative estimate of drug-likeness (QED) is 0.0813. The molecule has 14 heteroatoms. The Hall–Kier alpha value is -4.07. The van der Waals surface area contributed by atoms with Gasteiger partial charge in [0.2, 0.25) is 11.8 Å². The van der Waals surface area contributed by atoms with Gasteiger partial charge < -0.3 is 34.8 Å². The number of carbonyl (C=O) groups is 7. The molecule has 0 aliphatic heterocycles. The van der Waals surface area contributed by atoms with Gasteiger partial charge in [-0.2, -0.15) is 5.06 Å². The highest BCUT2D eigenvalue weighted by atomic mass is 16.7. The molecule has 3 amide bonds. The van der Waals surface area contributed by atoms with Crippen LogP contribution in [-0.4, -0.2) is 104 Å². The van der Waals surface area contributed by atoms with Crippen molar-refractivity contribution in [2.75, 3.05) is 46.8 Å². The Morgan fingerprint density at radius 2 is 1.46 bits per heavy atom. The van der Waals surface area contributed by atoms with Crippen molar-refractivity contribution in [1.82, 2.24) is 25.7 Å². The molecule has 218 valence electrons. The van der Waals surface area contributed by atoms with Gasteiger partial charge in [-0.3, -0.25) is 19.2 Å². The zero-order chi connectivity index (χ0) is 29.6. The molecule has 0 aromatic heterocycles. The summed E-state index contributed by atoms with van der Waals surface area (Å²) >= 11 is 0. The van der Waals surface area contributed by atoms with E-state index in [1.54, 1.807) is 0 Å². The molecule has 14 nitrogen and oxygen atoms in total. The molecule has 0 heterocycles. The third-order valence-corrected chi connectivity index (χ3v) is 5.17. The van der Waals surface area contributed by atoms with Gasteiger partial charge in [0.15, 0.2) is 0 Å². The highest BCUT2D eigenvalue weighted by molar-refractivity contribution is 5.88. The minimum atomic E-state index is -0.812. The number of carbonyl (C=O) groups excluding carboxylic acids is 7. The second-order valence-corrected chi connectivity index (χ2v) is 8.27. The van der Waals surface area contributed by atoms with Gasteiger partial charge in [0.05, 0.1) is 18.8 Å². The molecule has 0 saturated heterocycles. The van der Waals surface area contributed by atoms with E-state index in [9.17, 15) is 33.6 Å². The number of nitrogens with zero attached hydrogens (tertiary/aromatic N) is 3. The minimum Gasteiger partial charge on any atom is -0.390 e. The summed E-state index contributed by atoms with van der Waals surface area (Å²) in [5.74, 6) is -3.75. The molecule has 2 N–H and O–H groups in total. The third kappa shape index (κ3) is 16.4. The van der Waals surface area contributed by atoms with Crippen molar-refractivity contribution in [2.24, 2.45) is 5.92 Å². The van der Waals surface area contributed by atoms with E-state index in [2.05, 4.69) is 23.8 Å². The molecule has 0 bridgehead atoms. The smallest absolute Gasteiger partial charge is 0.334 e. The van der Waals surface area contributed by atoms with Gasteiger partial charge in [-0.25, -0.2) is 4.79 Å². The van der Waals surface area contributed by atoms with Crippen LogP contribution in [0.4, 0.5) is 0 Å². The lowest BCUT2D eigenvalue weighted by Crippen LogP contribution is -2.46. The number of rotatable bonds is 21. The van der Waals surface area contributed by atoms with Gasteiger partial charge in [-0.15, -0.1) is 5.06 Å². The summed E-state index contributed by atoms with van der Waals surface area (Å²) in [6.45, 7) is 7.05. The van der Waals surface area contributed by atoms with Crippen LogP contribution in [0.5, 0.6) is 0 Å². The fraction of sp³-hybridized carbons (Fsp3) is 0.560. The molecule has 0 spiro atoms. The summed E-state index contributed by atoms with van der Waals surface area (Å²) in [7, 11) is 2.77. The summed E-state index contributed by atoms with van der Waals surface area (Å²) in [5, 5.41) is 7.37. The van der Waals surface area contributed by atoms with Crippen molar-refractivity contribution in [3.05, 3.63) is 25.4 Å². The van der Waals surface area contributed by atoms with E-state index < -0.39 is 35.6 Å². The van der Waals surface area contributed by atoms with Crippen LogP contribution in [0.2, 0.25) is 0 Å². The zero-order valence-electron chi connectivity index (χ0n) is 22.6. The Balaban J connectivity index is 5.37. The van der Waals surface area contributed by atoms with E-state index in [0.29, 0.717) is 25.7 Å². The standard InChI is InChI=1S/C25H39N5O9/c1-5-21(33)27-19-20(18-26-6-2)25(37)30(14-11-23(35)38-28(3)13-7-8-16-31)15-12-24(36)39-29(4)22(34)10-9-17-32/h5-6,16-17,20,26H,1-2,7-15,18-19H2,3-4H3,(H,27,33). The maximum Gasteiger partial charge on any atom is 0.334 e. The van der Waals surface area contributed by atoms with Gasteiger partial charge in [0.1, 0.15) is 12.6 Å². The van der Waals surface area contributed by atoms with E-state index in [4.69, 9.17) is 9.68 Å². The summed E-state index contributed by atoms with van der Waals surface area (Å²) < 4.78 is 0. The van der Waals surface area contributed by atoms with E-state index >= 15 is 0 Å². The maximum absolute atomic E-state index is 13.3. The number of amides is 3. The molecule has 0 aliphatic carbocycles. The van der Waals surface area contributed by atoms with Crippen LogP contribution in [0.3, 0.4) is 0 Å². The van der Waals surface area contributed by atoms with Gasteiger partial charge in [-0.05, 0) is 18.7 Å². The normalized spacial score (nSPS) is 10.9. The molecule has 1 unspecified atom stereocenters. The fourth-order valence-electron chi connectivity index (χ4n) is 3.06. The average Bonchev–Trinajstić information content (AvgIpc) is 2.91. The Morgan fingerprint density at radius 1 is 0.846 bits per heavy atom. The van der Waals surface area contributed by atoms with Crippen molar-refractivity contribution in [2.45, 2.75) is 38.5 Å². The van der Waals surface area contributed by atoms with Crippen LogP contribution >= 0.6 is 0 Å². The first-order valence-corrected chi connectivity index (χ1v) is 12.4. The average molecular weight is 554 g/mol. The SMILES string of the molecule is C=CNCC(CNC(=O)C=C)C(=O)N(CCC(=O)ON(C)CCCC=O)CCC(=O)ON(C)C(=O)CCC=O. The molecule has 1 atom stereocenters. The highest BCUT2D eigenvalue weighted by Gasteiger charge is 2.26. The first-order chi connectivity index (χ1) is 18.6. The largest absolute Gasteiger partial charge is 0.390 e. The summed E-state index contributed by atoms with van der Waals surface area (Å²) in [4.78, 5) is 93.8. The first kappa shape index (κ1) is 34.9. The van der Waals surface area contributed by atoms with Crippen LogP contribution in [0.1, 0.15) is 38.5 Å². The van der Waals surface area contributed by atoms with Crippen LogP contribution in [0.15, 0.2) is 25.4 Å². The molecular formula is C25H39N5O9. The minimum absolute atomic E-state index is 0.0199. The summed E-state index contributed by atoms with van der Waals surface area (Å²) in [6.07, 6.45) is 3.94. The fourth-order valence-corrected chi connectivity index (χ4v) is 3.06. The lowest BCUT2D eigenvalue weighted by Gasteiger charge is -2.28. The molecule has 0 rings (SSSR count). The van der Waals surface area contributed by atoms with Crippen LogP contribution in [0, 0.1) is 5.92 Å². The number of hydroxylamine groups is 4. The number of unbranched alkanes of at least 4 members (excludes halogenated alkanes) is 1. The van der Waals surface area contributed by atoms with Crippen LogP contribution < -0.4 is 10.6 Å². The summed E-state index contributed by atoms with van der Waals surface area (Å²) in [5.41, 5.74) is 0. The van der Waals surface area contributed by atoms with E-state index in [1.165, 1.54) is 30.3 Å². The molecule has 39 heavy (non-hydrogen) atoms. The van der Waals surface area contributed by atoms with Gasteiger partial charge in [0.25, 0.3) is 5.91 Å². The second kappa shape index (κ2) is 20.9. The topological polar surface area (TPSA) is 172 Å². The number of aldehydes is 2. The molecule has 0 aromatic rings. The summed E-state index contributed by atoms with van der Waals surface area (Å²) in [6, 6.07) is 0. The van der Waals surface area contributed by atoms with Gasteiger partial charge in [0, 0.05) is 66.1 Å². The second-order valence-electron chi connectivity index (χ2n) is 8.27. The van der Waals surface area contributed by atoms with Crippen LogP contribution in [0.25, 0.3) is 0 Å². The predicted molar refractivity (Wildman–Crippen MR) is 139 cm³/mol. The van der Waals surface area contributed by atoms with Crippen molar-refractivity contribution in [3.63, 3.8) is 0 Å². The molecular weight excluding hydrogens is 514 g/mol. The molecule has 0 radical (unpaired) electrons. The van der Waals surface area contributed by atoms with E-state index in [-0.39, 0.29) is 51.9 Å². The third-order valence-electron chi connectivity index (χ3n) is 5.17. The predicted octanol–water partition coefficient (Wildman–Crippen LogP) is -0.488. The Morgan fingerprint density at radius 3 is 2.03 bits per heavy atom. The van der Waals surface area contributed by atoms with Gasteiger partial charge >= 0.3 is 11.9 Å². The monoisotopic (exact) mass is 553 g/mol.